The van der Waals surface area contributed by atoms with E-state index in [4.69, 9.17) is 19.5 Å². The number of methoxy groups -OCH3 is 1. The SMILES string of the molecule is COc1cc2c(c(CC#N)c1F)OCO2. The molecule has 0 aliphatic carbocycles. The van der Waals surface area contributed by atoms with Crippen LogP contribution in [0.25, 0.3) is 0 Å². The van der Waals surface area contributed by atoms with Crippen LogP contribution in [0, 0.1) is 17.1 Å². The van der Waals surface area contributed by atoms with Crippen molar-refractivity contribution in [2.24, 2.45) is 0 Å². The number of benzene rings is 1. The minimum Gasteiger partial charge on any atom is -0.494 e. The zero-order valence-electron chi connectivity index (χ0n) is 8.04. The highest BCUT2D eigenvalue weighted by Gasteiger charge is 2.24. The van der Waals surface area contributed by atoms with Gasteiger partial charge in [0, 0.05) is 6.07 Å². The van der Waals surface area contributed by atoms with Crippen molar-refractivity contribution >= 4 is 0 Å². The van der Waals surface area contributed by atoms with Crippen molar-refractivity contribution in [3.05, 3.63) is 17.4 Å². The second-order valence-electron chi connectivity index (χ2n) is 2.94. The largest absolute Gasteiger partial charge is 0.494 e. The Morgan fingerprint density at radius 3 is 3.07 bits per heavy atom. The highest BCUT2D eigenvalue weighted by atomic mass is 19.1. The monoisotopic (exact) mass is 209 g/mol. The molecule has 1 aromatic rings. The van der Waals surface area contributed by atoms with Crippen molar-refractivity contribution < 1.29 is 18.6 Å². The van der Waals surface area contributed by atoms with Crippen LogP contribution in [0.4, 0.5) is 4.39 Å². The number of hydrogen-bond acceptors (Lipinski definition) is 4. The highest BCUT2D eigenvalue weighted by molar-refractivity contribution is 5.54. The van der Waals surface area contributed by atoms with Crippen LogP contribution in [-0.4, -0.2) is 13.9 Å². The molecule has 0 fully saturated rings. The van der Waals surface area contributed by atoms with E-state index in [0.717, 1.165) is 0 Å². The Labute approximate surface area is 85.8 Å². The number of rotatable bonds is 2. The Morgan fingerprint density at radius 2 is 2.40 bits per heavy atom. The number of nitrogens with zero attached hydrogens (tertiary/aromatic N) is 1. The molecular weight excluding hydrogens is 201 g/mol. The average molecular weight is 209 g/mol. The van der Waals surface area contributed by atoms with Crippen molar-refractivity contribution in [3.63, 3.8) is 0 Å². The van der Waals surface area contributed by atoms with E-state index in [1.807, 2.05) is 6.07 Å². The normalized spacial score (nSPS) is 12.3. The molecule has 78 valence electrons. The van der Waals surface area contributed by atoms with Gasteiger partial charge in [0.2, 0.25) is 6.79 Å². The summed E-state index contributed by atoms with van der Waals surface area (Å²) in [6, 6.07) is 3.29. The third-order valence-electron chi connectivity index (χ3n) is 2.13. The first kappa shape index (κ1) is 9.59. The number of halogens is 1. The van der Waals surface area contributed by atoms with E-state index < -0.39 is 5.82 Å². The molecule has 5 heteroatoms. The van der Waals surface area contributed by atoms with Gasteiger partial charge in [-0.05, 0) is 0 Å². The maximum absolute atomic E-state index is 13.7. The third kappa shape index (κ3) is 1.44. The molecule has 1 aliphatic heterocycles. The molecule has 0 saturated heterocycles. The lowest BCUT2D eigenvalue weighted by atomic mass is 10.1. The van der Waals surface area contributed by atoms with Gasteiger partial charge in [0.15, 0.2) is 23.1 Å². The van der Waals surface area contributed by atoms with E-state index in [0.29, 0.717) is 11.5 Å². The van der Waals surface area contributed by atoms with Crippen LogP contribution in [0.2, 0.25) is 0 Å². The molecule has 1 heterocycles. The van der Waals surface area contributed by atoms with Crippen molar-refractivity contribution in [3.8, 4) is 23.3 Å². The second-order valence-corrected chi connectivity index (χ2v) is 2.94. The number of nitriles is 1. The molecule has 0 amide bonds. The molecule has 0 spiro atoms. The summed E-state index contributed by atoms with van der Waals surface area (Å²) in [6.45, 7) is 0.0420. The van der Waals surface area contributed by atoms with Crippen molar-refractivity contribution in [1.29, 1.82) is 5.26 Å². The van der Waals surface area contributed by atoms with Gasteiger partial charge in [-0.15, -0.1) is 0 Å². The Morgan fingerprint density at radius 1 is 1.60 bits per heavy atom. The summed E-state index contributed by atoms with van der Waals surface area (Å²) in [4.78, 5) is 0. The van der Waals surface area contributed by atoms with Crippen LogP contribution in [0.1, 0.15) is 5.56 Å². The van der Waals surface area contributed by atoms with Gasteiger partial charge in [-0.3, -0.25) is 0 Å². The maximum atomic E-state index is 13.7. The predicted molar refractivity (Wildman–Crippen MR) is 48.4 cm³/mol. The van der Waals surface area contributed by atoms with Crippen molar-refractivity contribution in [2.75, 3.05) is 13.9 Å². The van der Waals surface area contributed by atoms with Crippen molar-refractivity contribution in [2.45, 2.75) is 6.42 Å². The lowest BCUT2D eigenvalue weighted by molar-refractivity contribution is 0.173. The summed E-state index contributed by atoms with van der Waals surface area (Å²) in [7, 11) is 1.36. The number of hydrogen-bond donors (Lipinski definition) is 0. The minimum atomic E-state index is -0.566. The van der Waals surface area contributed by atoms with Crippen LogP contribution < -0.4 is 14.2 Å². The van der Waals surface area contributed by atoms with Crippen LogP contribution in [0.5, 0.6) is 17.2 Å². The van der Waals surface area contributed by atoms with Gasteiger partial charge in [0.1, 0.15) is 0 Å². The molecule has 0 unspecified atom stereocenters. The molecule has 1 aromatic carbocycles. The van der Waals surface area contributed by atoms with Gasteiger partial charge in [-0.2, -0.15) is 5.26 Å². The van der Waals surface area contributed by atoms with Gasteiger partial charge in [0.25, 0.3) is 0 Å². The topological polar surface area (TPSA) is 51.5 Å². The first-order valence-corrected chi connectivity index (χ1v) is 4.30. The summed E-state index contributed by atoms with van der Waals surface area (Å²) in [5.41, 5.74) is 0.185. The van der Waals surface area contributed by atoms with E-state index in [1.165, 1.54) is 13.2 Å². The quantitative estimate of drug-likeness (QED) is 0.742. The van der Waals surface area contributed by atoms with E-state index >= 15 is 0 Å². The van der Waals surface area contributed by atoms with Crippen molar-refractivity contribution in [1.82, 2.24) is 0 Å². The van der Waals surface area contributed by atoms with Crippen LogP contribution in [-0.2, 0) is 6.42 Å². The average Bonchev–Trinajstić information content (AvgIpc) is 2.69. The molecule has 1 aliphatic rings. The van der Waals surface area contributed by atoms with Crippen LogP contribution in [0.3, 0.4) is 0 Å². The molecule has 0 atom stereocenters. The lowest BCUT2D eigenvalue weighted by Crippen LogP contribution is -1.97. The fraction of sp³-hybridized carbons (Fsp3) is 0.300. The molecule has 0 aromatic heterocycles. The fourth-order valence-electron chi connectivity index (χ4n) is 1.45. The first-order valence-electron chi connectivity index (χ1n) is 4.30. The van der Waals surface area contributed by atoms with Gasteiger partial charge in [0.05, 0.1) is 25.2 Å². The molecule has 0 bridgehead atoms. The molecule has 15 heavy (non-hydrogen) atoms. The molecule has 0 N–H and O–H groups in total. The summed E-state index contributed by atoms with van der Waals surface area (Å²) < 4.78 is 28.7. The van der Waals surface area contributed by atoms with Gasteiger partial charge in [-0.1, -0.05) is 0 Å². The zero-order chi connectivity index (χ0) is 10.8. The second kappa shape index (κ2) is 3.65. The van der Waals surface area contributed by atoms with E-state index in [2.05, 4.69) is 0 Å². The standard InChI is InChI=1S/C10H8FNO3/c1-13-7-4-8-10(15-5-14-8)6(2-3-12)9(7)11/h4H,2,5H2,1H3. The summed E-state index contributed by atoms with van der Waals surface area (Å²) in [5, 5.41) is 8.59. The summed E-state index contributed by atoms with van der Waals surface area (Å²) in [6.07, 6.45) is -0.0747. The predicted octanol–water partition coefficient (Wildman–Crippen LogP) is 1.63. The van der Waals surface area contributed by atoms with Gasteiger partial charge < -0.3 is 14.2 Å². The highest BCUT2D eigenvalue weighted by Crippen LogP contribution is 2.41. The smallest absolute Gasteiger partial charge is 0.231 e. The zero-order valence-corrected chi connectivity index (χ0v) is 8.04. The van der Waals surface area contributed by atoms with Crippen LogP contribution >= 0.6 is 0 Å². The molecule has 4 nitrogen and oxygen atoms in total. The maximum Gasteiger partial charge on any atom is 0.231 e. The third-order valence-corrected chi connectivity index (χ3v) is 2.13. The minimum absolute atomic E-state index is 0.0420. The lowest BCUT2D eigenvalue weighted by Gasteiger charge is -2.08. The van der Waals surface area contributed by atoms with E-state index in [-0.39, 0.29) is 24.5 Å². The Hall–Kier alpha value is -1.96. The van der Waals surface area contributed by atoms with Gasteiger partial charge in [-0.25, -0.2) is 4.39 Å². The van der Waals surface area contributed by atoms with E-state index in [1.54, 1.807) is 0 Å². The molecule has 2 rings (SSSR count). The number of ether oxygens (including phenoxy) is 3. The Balaban J connectivity index is 2.59. The Bertz CT molecular complexity index is 439. The Kier molecular flexibility index (Phi) is 2.34. The first-order chi connectivity index (χ1) is 7.27. The fourth-order valence-corrected chi connectivity index (χ4v) is 1.45. The van der Waals surface area contributed by atoms with Crippen LogP contribution in [0.15, 0.2) is 6.07 Å². The molecular formula is C10H8FNO3. The summed E-state index contributed by atoms with van der Waals surface area (Å²) >= 11 is 0. The number of fused-ring (bicyclic) bond motifs is 1. The summed E-state index contributed by atoms with van der Waals surface area (Å²) in [5.74, 6) is 0.209. The van der Waals surface area contributed by atoms with E-state index in [9.17, 15) is 4.39 Å². The molecule has 0 saturated carbocycles. The van der Waals surface area contributed by atoms with Gasteiger partial charge >= 0.3 is 0 Å². The molecule has 0 radical (unpaired) electrons.